The molecule has 1 rings (SSSR count). The topological polar surface area (TPSA) is 110 Å². The summed E-state index contributed by atoms with van der Waals surface area (Å²) in [6, 6.07) is 2.37. The minimum Gasteiger partial charge on any atom is -0.396 e. The molecule has 2 N–H and O–H groups in total. The number of unbranched alkanes of at least 4 members (excludes halogenated alkanes) is 1. The summed E-state index contributed by atoms with van der Waals surface area (Å²) < 4.78 is 39.0. The number of hydrogen-bond acceptors (Lipinski definition) is 5. The highest BCUT2D eigenvalue weighted by atomic mass is 32.2. The van der Waals surface area contributed by atoms with Gasteiger partial charge in [-0.25, -0.2) is 13.1 Å². The first-order valence-electron chi connectivity index (χ1n) is 5.43. The number of aliphatic hydroxyl groups excluding tert-OH is 1. The van der Waals surface area contributed by atoms with Gasteiger partial charge in [-0.15, -0.1) is 0 Å². The Kier molecular flexibility index (Phi) is 5.33. The Hall–Kier alpha value is -1.58. The summed E-state index contributed by atoms with van der Waals surface area (Å²) in [6.45, 7) is 0.0510. The third kappa shape index (κ3) is 4.23. The number of nitro groups is 1. The molecule has 7 nitrogen and oxygen atoms in total. The van der Waals surface area contributed by atoms with E-state index in [4.69, 9.17) is 5.11 Å². The second-order valence-electron chi connectivity index (χ2n) is 3.70. The predicted octanol–water partition coefficient (Wildman–Crippen LogP) is 0.785. The maximum absolute atomic E-state index is 13.3. The van der Waals surface area contributed by atoms with E-state index in [1.54, 1.807) is 0 Å². The predicted molar refractivity (Wildman–Crippen MR) is 64.6 cm³/mol. The fourth-order valence-electron chi connectivity index (χ4n) is 1.33. The number of halogens is 1. The van der Waals surface area contributed by atoms with Crippen molar-refractivity contribution in [2.24, 2.45) is 0 Å². The molecule has 9 heteroatoms. The molecule has 1 aromatic carbocycles. The van der Waals surface area contributed by atoms with Gasteiger partial charge in [-0.2, -0.15) is 4.39 Å². The molecule has 0 aliphatic heterocycles. The summed E-state index contributed by atoms with van der Waals surface area (Å²) in [7, 11) is -3.90. The summed E-state index contributed by atoms with van der Waals surface area (Å²) >= 11 is 0. The normalized spacial score (nSPS) is 11.5. The molecule has 19 heavy (non-hydrogen) atoms. The number of aliphatic hydroxyl groups is 1. The molecule has 0 heterocycles. The Morgan fingerprint density at radius 2 is 2.05 bits per heavy atom. The van der Waals surface area contributed by atoms with E-state index in [1.807, 2.05) is 0 Å². The Labute approximate surface area is 109 Å². The number of sulfonamides is 1. The van der Waals surface area contributed by atoms with Crippen LogP contribution < -0.4 is 4.72 Å². The lowest BCUT2D eigenvalue weighted by molar-refractivity contribution is -0.387. The van der Waals surface area contributed by atoms with Gasteiger partial charge in [0.15, 0.2) is 0 Å². The van der Waals surface area contributed by atoms with Gasteiger partial charge >= 0.3 is 5.69 Å². The van der Waals surface area contributed by atoms with Crippen molar-refractivity contribution in [1.29, 1.82) is 0 Å². The maximum atomic E-state index is 13.3. The third-order valence-corrected chi connectivity index (χ3v) is 3.76. The van der Waals surface area contributed by atoms with Crippen molar-refractivity contribution in [2.75, 3.05) is 13.2 Å². The molecule has 0 bridgehead atoms. The van der Waals surface area contributed by atoms with Crippen LogP contribution in [0.4, 0.5) is 10.1 Å². The molecule has 0 spiro atoms. The van der Waals surface area contributed by atoms with Crippen LogP contribution in [-0.4, -0.2) is 31.6 Å². The minimum atomic E-state index is -3.90. The van der Waals surface area contributed by atoms with Crippen molar-refractivity contribution in [3.8, 4) is 0 Å². The van der Waals surface area contributed by atoms with Crippen molar-refractivity contribution in [3.63, 3.8) is 0 Å². The molecule has 0 aromatic heterocycles. The van der Waals surface area contributed by atoms with Crippen molar-refractivity contribution in [3.05, 3.63) is 34.1 Å². The first-order chi connectivity index (χ1) is 8.88. The Bertz CT molecular complexity index is 561. The second-order valence-corrected chi connectivity index (χ2v) is 5.47. The lowest BCUT2D eigenvalue weighted by Crippen LogP contribution is -2.25. The van der Waals surface area contributed by atoms with Crippen LogP contribution in [0.3, 0.4) is 0 Å². The van der Waals surface area contributed by atoms with Gasteiger partial charge in [0, 0.05) is 25.3 Å². The number of nitro benzene ring substituents is 1. The van der Waals surface area contributed by atoms with Gasteiger partial charge in [-0.1, -0.05) is 0 Å². The van der Waals surface area contributed by atoms with E-state index in [9.17, 15) is 22.9 Å². The quantitative estimate of drug-likeness (QED) is 0.438. The summed E-state index contributed by atoms with van der Waals surface area (Å²) in [5.41, 5.74) is -0.778. The van der Waals surface area contributed by atoms with Crippen LogP contribution in [0.2, 0.25) is 0 Å². The number of benzene rings is 1. The summed E-state index contributed by atoms with van der Waals surface area (Å²) in [5.74, 6) is -1.21. The Morgan fingerprint density at radius 3 is 2.58 bits per heavy atom. The van der Waals surface area contributed by atoms with Crippen LogP contribution in [0, 0.1) is 15.9 Å². The molecule has 0 saturated heterocycles. The van der Waals surface area contributed by atoms with Crippen LogP contribution in [0.1, 0.15) is 12.8 Å². The highest BCUT2D eigenvalue weighted by molar-refractivity contribution is 7.89. The second kappa shape index (κ2) is 6.55. The van der Waals surface area contributed by atoms with Crippen LogP contribution in [0.25, 0.3) is 0 Å². The molecule has 0 atom stereocenters. The van der Waals surface area contributed by atoms with Gasteiger partial charge in [-0.05, 0) is 18.9 Å². The number of nitrogens with one attached hydrogen (secondary N) is 1. The molecule has 0 fully saturated rings. The average Bonchev–Trinajstić information content (AvgIpc) is 2.34. The number of nitrogens with zero attached hydrogens (tertiary/aromatic N) is 1. The highest BCUT2D eigenvalue weighted by Crippen LogP contribution is 2.20. The minimum absolute atomic E-state index is 0.0477. The monoisotopic (exact) mass is 292 g/mol. The van der Waals surface area contributed by atoms with Crippen molar-refractivity contribution < 1.29 is 22.8 Å². The fraction of sp³-hybridized carbons (Fsp3) is 0.400. The Balaban J connectivity index is 2.84. The molecule has 0 aliphatic carbocycles. The van der Waals surface area contributed by atoms with E-state index in [0.717, 1.165) is 12.1 Å². The largest absolute Gasteiger partial charge is 0.396 e. The van der Waals surface area contributed by atoms with Gasteiger partial charge in [0.2, 0.25) is 15.8 Å². The lowest BCUT2D eigenvalue weighted by atomic mass is 10.3. The molecule has 0 unspecified atom stereocenters. The smallest absolute Gasteiger partial charge is 0.304 e. The van der Waals surface area contributed by atoms with E-state index in [0.29, 0.717) is 18.9 Å². The summed E-state index contributed by atoms with van der Waals surface area (Å²) in [5, 5.41) is 18.9. The van der Waals surface area contributed by atoms with Crippen molar-refractivity contribution in [2.45, 2.75) is 17.7 Å². The van der Waals surface area contributed by atoms with E-state index in [1.165, 1.54) is 0 Å². The average molecular weight is 292 g/mol. The molecule has 0 aliphatic rings. The van der Waals surface area contributed by atoms with E-state index >= 15 is 0 Å². The van der Waals surface area contributed by atoms with Crippen LogP contribution in [0.5, 0.6) is 0 Å². The fourth-order valence-corrected chi connectivity index (χ4v) is 2.42. The van der Waals surface area contributed by atoms with E-state index in [2.05, 4.69) is 4.72 Å². The molecule has 0 radical (unpaired) electrons. The molecular weight excluding hydrogens is 279 g/mol. The van der Waals surface area contributed by atoms with Crippen LogP contribution in [-0.2, 0) is 10.0 Å². The van der Waals surface area contributed by atoms with Gasteiger partial charge in [0.1, 0.15) is 0 Å². The van der Waals surface area contributed by atoms with Gasteiger partial charge < -0.3 is 5.11 Å². The van der Waals surface area contributed by atoms with Gasteiger partial charge in [-0.3, -0.25) is 10.1 Å². The van der Waals surface area contributed by atoms with Crippen molar-refractivity contribution in [1.82, 2.24) is 4.72 Å². The zero-order valence-electron chi connectivity index (χ0n) is 9.87. The zero-order valence-corrected chi connectivity index (χ0v) is 10.7. The molecule has 106 valence electrons. The Morgan fingerprint density at radius 1 is 1.37 bits per heavy atom. The number of rotatable bonds is 7. The van der Waals surface area contributed by atoms with Crippen LogP contribution in [0.15, 0.2) is 23.1 Å². The molecule has 1 aromatic rings. The number of hydrogen-bond donors (Lipinski definition) is 2. The summed E-state index contributed by atoms with van der Waals surface area (Å²) in [6.07, 6.45) is 0.877. The first kappa shape index (κ1) is 15.5. The van der Waals surface area contributed by atoms with E-state index < -0.39 is 26.5 Å². The zero-order chi connectivity index (χ0) is 14.5. The van der Waals surface area contributed by atoms with Crippen LogP contribution >= 0.6 is 0 Å². The van der Waals surface area contributed by atoms with Gasteiger partial charge in [0.25, 0.3) is 0 Å². The lowest BCUT2D eigenvalue weighted by Gasteiger charge is -2.06. The van der Waals surface area contributed by atoms with Gasteiger partial charge in [0.05, 0.1) is 9.82 Å². The first-order valence-corrected chi connectivity index (χ1v) is 6.91. The molecular formula is C10H13FN2O5S. The standard InChI is InChI=1S/C10H13FN2O5S/c11-9-7-8(3-4-10(9)13(15)16)19(17,18)12-5-1-2-6-14/h3-4,7,12,14H,1-2,5-6H2. The summed E-state index contributed by atoms with van der Waals surface area (Å²) in [4.78, 5) is 9.10. The highest BCUT2D eigenvalue weighted by Gasteiger charge is 2.20. The SMILES string of the molecule is O=[N+]([O-])c1ccc(S(=O)(=O)NCCCCO)cc1F. The molecule has 0 amide bonds. The van der Waals surface area contributed by atoms with Crippen molar-refractivity contribution >= 4 is 15.7 Å². The third-order valence-electron chi connectivity index (χ3n) is 2.30. The van der Waals surface area contributed by atoms with E-state index in [-0.39, 0.29) is 18.0 Å². The maximum Gasteiger partial charge on any atom is 0.304 e. The molecule has 0 saturated carbocycles.